The second-order valence-corrected chi connectivity index (χ2v) is 7.74. The molecule has 0 atom stereocenters. The second-order valence-electron chi connectivity index (χ2n) is 7.74. The van der Waals surface area contributed by atoms with Gasteiger partial charge in [0.05, 0.1) is 5.52 Å². The Kier molecular flexibility index (Phi) is 5.60. The summed E-state index contributed by atoms with van der Waals surface area (Å²) in [5.74, 6) is -0.895. The molecule has 0 spiro atoms. The van der Waals surface area contributed by atoms with Crippen LogP contribution in [0, 0.1) is 0 Å². The number of carbonyl (C=O) groups is 1. The van der Waals surface area contributed by atoms with Crippen molar-refractivity contribution < 1.29 is 9.90 Å². The number of amides is 1. The van der Waals surface area contributed by atoms with E-state index in [-0.39, 0.29) is 22.9 Å². The summed E-state index contributed by atoms with van der Waals surface area (Å²) in [4.78, 5) is 32.3. The van der Waals surface area contributed by atoms with Crippen molar-refractivity contribution in [2.75, 3.05) is 0 Å². The van der Waals surface area contributed by atoms with Gasteiger partial charge in [-0.2, -0.15) is 0 Å². The van der Waals surface area contributed by atoms with Crippen LogP contribution in [0.4, 0.5) is 0 Å². The summed E-state index contributed by atoms with van der Waals surface area (Å²) in [6.07, 6.45) is 8.61. The van der Waals surface area contributed by atoms with Gasteiger partial charge in [-0.3, -0.25) is 14.6 Å². The number of benzene rings is 1. The molecule has 2 heterocycles. The maximum Gasteiger partial charge on any atom is 0.265 e. The molecule has 4 rings (SSSR count). The standard InChI is InChI=1S/C23H25N3O3/c27-21-19(22(28)25-17-10-6-1-2-7-11-17)23(29)26-18-13-16(14-24-20(18)21)12-15-8-4-3-5-9-15/h3-5,8-9,13-14,17H,1-2,6-7,10-12H2,(H,25,28)(H2,26,27,29). The van der Waals surface area contributed by atoms with Crippen LogP contribution in [0.3, 0.4) is 0 Å². The Balaban J connectivity index is 1.61. The van der Waals surface area contributed by atoms with E-state index in [4.69, 9.17) is 0 Å². The van der Waals surface area contributed by atoms with E-state index in [0.29, 0.717) is 11.9 Å². The monoisotopic (exact) mass is 391 g/mol. The van der Waals surface area contributed by atoms with E-state index in [2.05, 4.69) is 15.3 Å². The number of aromatic amines is 1. The van der Waals surface area contributed by atoms with E-state index in [1.54, 1.807) is 12.3 Å². The Labute approximate surface area is 169 Å². The van der Waals surface area contributed by atoms with Crippen LogP contribution in [0.25, 0.3) is 11.0 Å². The van der Waals surface area contributed by atoms with Crippen LogP contribution in [-0.2, 0) is 6.42 Å². The molecule has 6 nitrogen and oxygen atoms in total. The first-order valence-electron chi connectivity index (χ1n) is 10.2. The molecule has 1 amide bonds. The lowest BCUT2D eigenvalue weighted by molar-refractivity contribution is 0.0929. The average molecular weight is 391 g/mol. The average Bonchev–Trinajstić information content (AvgIpc) is 2.97. The van der Waals surface area contributed by atoms with Crippen molar-refractivity contribution in [3.63, 3.8) is 0 Å². The molecule has 1 aromatic carbocycles. The van der Waals surface area contributed by atoms with Gasteiger partial charge >= 0.3 is 0 Å². The summed E-state index contributed by atoms with van der Waals surface area (Å²) in [5, 5.41) is 13.5. The summed E-state index contributed by atoms with van der Waals surface area (Å²) in [6, 6.07) is 11.8. The van der Waals surface area contributed by atoms with Crippen molar-refractivity contribution in [3.8, 4) is 5.75 Å². The van der Waals surface area contributed by atoms with Crippen LogP contribution in [0.15, 0.2) is 47.4 Å². The van der Waals surface area contributed by atoms with Gasteiger partial charge in [0.2, 0.25) is 0 Å². The highest BCUT2D eigenvalue weighted by molar-refractivity contribution is 6.01. The molecular weight excluding hydrogens is 366 g/mol. The van der Waals surface area contributed by atoms with Crippen molar-refractivity contribution in [2.24, 2.45) is 0 Å². The minimum absolute atomic E-state index is 0.0423. The third-order valence-corrected chi connectivity index (χ3v) is 5.55. The normalized spacial score (nSPS) is 15.2. The second kappa shape index (κ2) is 8.47. The first-order valence-corrected chi connectivity index (χ1v) is 10.2. The predicted molar refractivity (Wildman–Crippen MR) is 112 cm³/mol. The summed E-state index contributed by atoms with van der Waals surface area (Å²) in [7, 11) is 0. The number of fused-ring (bicyclic) bond motifs is 1. The number of H-pyrrole nitrogens is 1. The van der Waals surface area contributed by atoms with E-state index >= 15 is 0 Å². The molecule has 150 valence electrons. The van der Waals surface area contributed by atoms with Gasteiger partial charge in [0.1, 0.15) is 11.1 Å². The Morgan fingerprint density at radius 2 is 1.83 bits per heavy atom. The number of rotatable bonds is 4. The molecule has 1 aliphatic rings. The molecule has 3 aromatic rings. The van der Waals surface area contributed by atoms with Crippen molar-refractivity contribution >= 4 is 16.9 Å². The predicted octanol–water partition coefficient (Wildman–Crippen LogP) is 3.67. The fraction of sp³-hybridized carbons (Fsp3) is 0.348. The summed E-state index contributed by atoms with van der Waals surface area (Å²) >= 11 is 0. The Bertz CT molecular complexity index is 1070. The molecule has 0 saturated heterocycles. The highest BCUT2D eigenvalue weighted by Gasteiger charge is 2.23. The Hall–Kier alpha value is -3.15. The molecule has 0 bridgehead atoms. The summed E-state index contributed by atoms with van der Waals surface area (Å²) < 4.78 is 0. The van der Waals surface area contributed by atoms with Gasteiger partial charge in [-0.05, 0) is 36.5 Å². The van der Waals surface area contributed by atoms with Gasteiger partial charge < -0.3 is 15.4 Å². The highest BCUT2D eigenvalue weighted by atomic mass is 16.3. The Morgan fingerprint density at radius 1 is 1.10 bits per heavy atom. The van der Waals surface area contributed by atoms with Crippen LogP contribution in [0.5, 0.6) is 5.75 Å². The third kappa shape index (κ3) is 4.31. The highest BCUT2D eigenvalue weighted by Crippen LogP contribution is 2.25. The molecular formula is C23H25N3O3. The third-order valence-electron chi connectivity index (χ3n) is 5.55. The van der Waals surface area contributed by atoms with Crippen LogP contribution in [0.1, 0.15) is 60.0 Å². The lowest BCUT2D eigenvalue weighted by atomic mass is 10.1. The van der Waals surface area contributed by atoms with E-state index < -0.39 is 11.5 Å². The fourth-order valence-electron chi connectivity index (χ4n) is 4.02. The first kappa shape index (κ1) is 19.2. The number of aromatic hydroxyl groups is 1. The molecule has 0 radical (unpaired) electrons. The van der Waals surface area contributed by atoms with E-state index in [1.807, 2.05) is 30.3 Å². The number of aromatic nitrogens is 2. The number of carbonyl (C=O) groups excluding carboxylic acids is 1. The molecule has 1 fully saturated rings. The van der Waals surface area contributed by atoms with Crippen LogP contribution in [0.2, 0.25) is 0 Å². The van der Waals surface area contributed by atoms with Crippen molar-refractivity contribution in [1.82, 2.24) is 15.3 Å². The van der Waals surface area contributed by atoms with Crippen molar-refractivity contribution in [2.45, 2.75) is 51.0 Å². The lowest BCUT2D eigenvalue weighted by Crippen LogP contribution is -2.37. The molecule has 1 aliphatic carbocycles. The minimum atomic E-state index is -0.597. The van der Waals surface area contributed by atoms with E-state index in [1.165, 1.54) is 12.8 Å². The lowest BCUT2D eigenvalue weighted by Gasteiger charge is -2.16. The number of pyridine rings is 2. The molecule has 0 aliphatic heterocycles. The number of hydrogen-bond acceptors (Lipinski definition) is 4. The van der Waals surface area contributed by atoms with Crippen LogP contribution in [-0.4, -0.2) is 27.0 Å². The number of nitrogens with zero attached hydrogens (tertiary/aromatic N) is 1. The largest absolute Gasteiger partial charge is 0.505 e. The summed E-state index contributed by atoms with van der Waals surface area (Å²) in [6.45, 7) is 0. The molecule has 0 unspecified atom stereocenters. The minimum Gasteiger partial charge on any atom is -0.505 e. The van der Waals surface area contributed by atoms with Gasteiger partial charge in [0, 0.05) is 12.2 Å². The van der Waals surface area contributed by atoms with E-state index in [9.17, 15) is 14.7 Å². The topological polar surface area (TPSA) is 95.1 Å². The van der Waals surface area contributed by atoms with E-state index in [0.717, 1.165) is 36.8 Å². The zero-order chi connectivity index (χ0) is 20.2. The van der Waals surface area contributed by atoms with Gasteiger partial charge in [0.15, 0.2) is 5.75 Å². The quantitative estimate of drug-likeness (QED) is 0.591. The van der Waals surface area contributed by atoms with Crippen LogP contribution < -0.4 is 10.9 Å². The zero-order valence-corrected chi connectivity index (χ0v) is 16.3. The smallest absolute Gasteiger partial charge is 0.265 e. The molecule has 3 N–H and O–H groups in total. The van der Waals surface area contributed by atoms with Gasteiger partial charge in [-0.1, -0.05) is 56.0 Å². The first-order chi connectivity index (χ1) is 14.1. The zero-order valence-electron chi connectivity index (χ0n) is 16.3. The van der Waals surface area contributed by atoms with Gasteiger partial charge in [0.25, 0.3) is 11.5 Å². The maximum atomic E-state index is 12.7. The molecule has 1 saturated carbocycles. The summed E-state index contributed by atoms with van der Waals surface area (Å²) in [5.41, 5.74) is 1.83. The molecule has 2 aromatic heterocycles. The SMILES string of the molecule is O=C(NC1CCCCCC1)c1c(O)c2ncc(Cc3ccccc3)cc2[nH]c1=O. The molecule has 29 heavy (non-hydrogen) atoms. The van der Waals surface area contributed by atoms with Crippen LogP contribution >= 0.6 is 0 Å². The van der Waals surface area contributed by atoms with Gasteiger partial charge in [-0.15, -0.1) is 0 Å². The Morgan fingerprint density at radius 3 is 2.55 bits per heavy atom. The molecule has 6 heteroatoms. The fourth-order valence-corrected chi connectivity index (χ4v) is 4.02. The van der Waals surface area contributed by atoms with Gasteiger partial charge in [-0.25, -0.2) is 0 Å². The number of hydrogen-bond donors (Lipinski definition) is 3. The maximum absolute atomic E-state index is 12.7. The van der Waals surface area contributed by atoms with Crippen molar-refractivity contribution in [3.05, 3.63) is 69.6 Å². The van der Waals surface area contributed by atoms with Crippen molar-refractivity contribution in [1.29, 1.82) is 0 Å². The number of nitrogens with one attached hydrogen (secondary N) is 2.